The first-order chi connectivity index (χ1) is 11.1. The van der Waals surface area contributed by atoms with Crippen molar-refractivity contribution >= 4 is 8.07 Å². The summed E-state index contributed by atoms with van der Waals surface area (Å²) in [7, 11) is 0.726. The quantitative estimate of drug-likeness (QED) is 0.726. The van der Waals surface area contributed by atoms with Crippen molar-refractivity contribution in [1.82, 2.24) is 4.98 Å². The van der Waals surface area contributed by atoms with Gasteiger partial charge in [-0.3, -0.25) is 4.79 Å². The average Bonchev–Trinajstić information content (AvgIpc) is 2.48. The van der Waals surface area contributed by atoms with Gasteiger partial charge in [0.2, 0.25) is 17.1 Å². The lowest BCUT2D eigenvalue weighted by Crippen LogP contribution is -2.51. The molecule has 0 aliphatic carbocycles. The molecule has 0 aliphatic heterocycles. The van der Waals surface area contributed by atoms with E-state index in [0.29, 0.717) is 27.9 Å². The molecule has 0 radical (unpaired) electrons. The highest BCUT2D eigenvalue weighted by Crippen LogP contribution is 2.49. The number of pyridine rings is 1. The molecule has 5 nitrogen and oxygen atoms in total. The van der Waals surface area contributed by atoms with Crippen molar-refractivity contribution in [1.29, 1.82) is 0 Å². The number of aromatic nitrogens is 1. The molecular weight excluding hydrogens is 322 g/mol. The number of aromatic amines is 1. The van der Waals surface area contributed by atoms with Gasteiger partial charge in [-0.25, -0.2) is 0 Å². The number of rotatable bonds is 7. The van der Waals surface area contributed by atoms with Crippen molar-refractivity contribution < 1.29 is 14.6 Å². The minimum Gasteiger partial charge on any atom is -0.488 e. The van der Waals surface area contributed by atoms with Crippen LogP contribution in [0.25, 0.3) is 0 Å². The topological polar surface area (TPSA) is 71.5 Å². The fourth-order valence-electron chi connectivity index (χ4n) is 4.47. The predicted octanol–water partition coefficient (Wildman–Crippen LogP) is 3.95. The summed E-state index contributed by atoms with van der Waals surface area (Å²) in [6.45, 7) is 14.8. The molecule has 1 rings (SSSR count). The Balaban J connectivity index is 3.70. The number of hydrogen-bond donors (Lipinski definition) is 2. The van der Waals surface area contributed by atoms with Gasteiger partial charge >= 0.3 is 0 Å². The summed E-state index contributed by atoms with van der Waals surface area (Å²) in [5, 5.41) is 11.4. The Morgan fingerprint density at radius 3 is 1.75 bits per heavy atom. The zero-order valence-electron chi connectivity index (χ0n) is 16.5. The van der Waals surface area contributed by atoms with Crippen LogP contribution in [0, 0.1) is 6.92 Å². The van der Waals surface area contributed by atoms with Crippen LogP contribution in [0.5, 0.6) is 11.6 Å². The number of hydrogen-bond acceptors (Lipinski definition) is 4. The summed E-state index contributed by atoms with van der Waals surface area (Å²) >= 11 is 0. The number of nitrogens with one attached hydrogen (secondary N) is 1. The van der Waals surface area contributed by atoms with Gasteiger partial charge in [0.15, 0.2) is 0 Å². The molecule has 0 aliphatic rings. The lowest BCUT2D eigenvalue weighted by Gasteiger charge is -2.46. The Morgan fingerprint density at radius 2 is 1.42 bits per heavy atom. The van der Waals surface area contributed by atoms with Gasteiger partial charge in [0.25, 0.3) is 0 Å². The van der Waals surface area contributed by atoms with Crippen molar-refractivity contribution in [3.63, 3.8) is 0 Å². The van der Waals surface area contributed by atoms with E-state index in [1.165, 1.54) is 14.2 Å². The number of methoxy groups -OCH3 is 2. The Morgan fingerprint density at radius 1 is 0.958 bits per heavy atom. The third-order valence-corrected chi connectivity index (χ3v) is 12.8. The summed E-state index contributed by atoms with van der Waals surface area (Å²) in [6, 6.07) is 0. The lowest BCUT2D eigenvalue weighted by atomic mass is 10.2. The highest BCUT2D eigenvalue weighted by Gasteiger charge is 2.50. The predicted molar refractivity (Wildman–Crippen MR) is 101 cm³/mol. The first-order valence-corrected chi connectivity index (χ1v) is 10.9. The van der Waals surface area contributed by atoms with Crippen molar-refractivity contribution in [3.8, 4) is 11.6 Å². The summed E-state index contributed by atoms with van der Waals surface area (Å²) in [5.74, 6) is 0.415. The second-order valence-corrected chi connectivity index (χ2v) is 13.4. The zero-order valence-corrected chi connectivity index (χ0v) is 17.5. The highest BCUT2D eigenvalue weighted by atomic mass is 28.3. The zero-order chi connectivity index (χ0) is 18.8. The van der Waals surface area contributed by atoms with Gasteiger partial charge in [0.1, 0.15) is 8.07 Å². The van der Waals surface area contributed by atoms with Gasteiger partial charge in [-0.05, 0) is 23.5 Å². The van der Waals surface area contributed by atoms with Gasteiger partial charge in [-0.1, -0.05) is 41.5 Å². The first kappa shape index (κ1) is 20.8. The Kier molecular flexibility index (Phi) is 6.70. The van der Waals surface area contributed by atoms with Gasteiger partial charge in [-0.15, -0.1) is 0 Å². The van der Waals surface area contributed by atoms with Crippen LogP contribution < -0.4 is 14.9 Å². The molecule has 1 aromatic heterocycles. The minimum absolute atomic E-state index is 0.150. The summed E-state index contributed by atoms with van der Waals surface area (Å²) < 4.78 is 10.5. The molecule has 0 fully saturated rings. The molecule has 24 heavy (non-hydrogen) atoms. The van der Waals surface area contributed by atoms with Crippen LogP contribution in [0.2, 0.25) is 16.6 Å². The van der Waals surface area contributed by atoms with Crippen LogP contribution >= 0.6 is 0 Å². The fourth-order valence-corrected chi connectivity index (χ4v) is 11.2. The molecule has 2 N–H and O–H groups in total. The van der Waals surface area contributed by atoms with Crippen molar-refractivity contribution in [2.45, 2.75) is 70.8 Å². The Bertz CT molecular complexity index is 600. The molecule has 0 spiro atoms. The molecule has 1 unspecified atom stereocenters. The Labute approximate surface area is 146 Å². The third-order valence-electron chi connectivity index (χ3n) is 5.56. The molecule has 6 heteroatoms. The molecule has 0 saturated heterocycles. The summed E-state index contributed by atoms with van der Waals surface area (Å²) in [6.07, 6.45) is 0. The highest BCUT2D eigenvalue weighted by molar-refractivity contribution is 6.84. The van der Waals surface area contributed by atoms with E-state index in [-0.39, 0.29) is 17.1 Å². The van der Waals surface area contributed by atoms with Crippen LogP contribution in [0.15, 0.2) is 4.79 Å². The van der Waals surface area contributed by atoms with Crippen LogP contribution in [0.3, 0.4) is 0 Å². The fraction of sp³-hybridized carbons (Fsp3) is 0.722. The number of aliphatic hydroxyl groups is 1. The molecule has 0 bridgehead atoms. The van der Waals surface area contributed by atoms with E-state index in [1.807, 2.05) is 0 Å². The molecule has 0 saturated carbocycles. The van der Waals surface area contributed by atoms with Gasteiger partial charge in [0, 0.05) is 5.56 Å². The van der Waals surface area contributed by atoms with Crippen molar-refractivity contribution in [2.75, 3.05) is 14.2 Å². The van der Waals surface area contributed by atoms with E-state index in [0.717, 1.165) is 0 Å². The SMILES string of the molecule is COc1[nH]c(C(O)[Si](C(C)C)(C(C)C)C(C)C)c(C)c(=O)c1OC. The van der Waals surface area contributed by atoms with E-state index >= 15 is 0 Å². The second kappa shape index (κ2) is 7.74. The largest absolute Gasteiger partial charge is 0.488 e. The Hall–Kier alpha value is -1.27. The van der Waals surface area contributed by atoms with Crippen LogP contribution in [-0.4, -0.2) is 32.4 Å². The molecule has 1 atom stereocenters. The van der Waals surface area contributed by atoms with Crippen LogP contribution in [-0.2, 0) is 0 Å². The van der Waals surface area contributed by atoms with E-state index in [2.05, 4.69) is 46.5 Å². The van der Waals surface area contributed by atoms with E-state index in [4.69, 9.17) is 9.47 Å². The maximum absolute atomic E-state index is 12.6. The van der Waals surface area contributed by atoms with Crippen LogP contribution in [0.4, 0.5) is 0 Å². The maximum atomic E-state index is 12.6. The minimum atomic E-state index is -2.20. The summed E-state index contributed by atoms with van der Waals surface area (Å²) in [4.78, 5) is 15.8. The lowest BCUT2D eigenvalue weighted by molar-refractivity contribution is 0.230. The van der Waals surface area contributed by atoms with E-state index in [9.17, 15) is 9.90 Å². The molecule has 138 valence electrons. The van der Waals surface area contributed by atoms with Crippen molar-refractivity contribution in [2.24, 2.45) is 0 Å². The van der Waals surface area contributed by atoms with Gasteiger partial charge < -0.3 is 19.6 Å². The number of ether oxygens (including phenoxy) is 2. The number of aliphatic hydroxyl groups excluding tert-OH is 1. The molecule has 1 aromatic rings. The van der Waals surface area contributed by atoms with Crippen LogP contribution in [0.1, 0.15) is 58.5 Å². The standard InChI is InChI=1S/C18H33NO4Si/c1-10(2)24(11(3)4,12(5)6)18(21)14-13(7)15(20)16(22-8)17(19-14)23-9/h10-12,18,21H,1-9H3,(H,19,20). The molecule has 0 amide bonds. The molecular formula is C18H33NO4Si. The maximum Gasteiger partial charge on any atom is 0.238 e. The number of H-pyrrole nitrogens is 1. The van der Waals surface area contributed by atoms with E-state index in [1.54, 1.807) is 6.92 Å². The van der Waals surface area contributed by atoms with E-state index < -0.39 is 13.8 Å². The van der Waals surface area contributed by atoms with Crippen molar-refractivity contribution in [3.05, 3.63) is 21.5 Å². The second-order valence-electron chi connectivity index (χ2n) is 7.43. The molecule has 1 heterocycles. The first-order valence-electron chi connectivity index (χ1n) is 8.59. The monoisotopic (exact) mass is 355 g/mol. The van der Waals surface area contributed by atoms with Gasteiger partial charge in [0.05, 0.1) is 25.6 Å². The normalized spacial score (nSPS) is 13.7. The average molecular weight is 356 g/mol. The third kappa shape index (κ3) is 3.13. The smallest absolute Gasteiger partial charge is 0.238 e. The summed E-state index contributed by atoms with van der Waals surface area (Å²) in [5.41, 5.74) is 1.25. The molecule has 0 aromatic carbocycles. The van der Waals surface area contributed by atoms with Gasteiger partial charge in [-0.2, -0.15) is 0 Å².